The predicted molar refractivity (Wildman–Crippen MR) is 80.9 cm³/mol. The van der Waals surface area contributed by atoms with Gasteiger partial charge >= 0.3 is 0 Å². The van der Waals surface area contributed by atoms with Crippen LogP contribution in [0.25, 0.3) is 24.0 Å². The van der Waals surface area contributed by atoms with Crippen molar-refractivity contribution in [1.82, 2.24) is 9.97 Å². The maximum Gasteiger partial charge on any atom is 0.160 e. The molecule has 0 spiro atoms. The third-order valence-corrected chi connectivity index (χ3v) is 2.83. The second-order valence-electron chi connectivity index (χ2n) is 4.77. The summed E-state index contributed by atoms with van der Waals surface area (Å²) in [4.78, 5) is 9.07. The monoisotopic (exact) mass is 250 g/mol. The van der Waals surface area contributed by atoms with E-state index in [0.717, 1.165) is 27.6 Å². The van der Waals surface area contributed by atoms with Crippen molar-refractivity contribution in [1.29, 1.82) is 0 Å². The highest BCUT2D eigenvalue weighted by atomic mass is 14.9. The molecule has 2 heteroatoms. The third-order valence-electron chi connectivity index (χ3n) is 2.83. The third kappa shape index (κ3) is 3.16. The molecule has 1 aromatic heterocycles. The van der Waals surface area contributed by atoms with Crippen LogP contribution in [0.2, 0.25) is 0 Å². The molecule has 2 nitrogen and oxygen atoms in total. The summed E-state index contributed by atoms with van der Waals surface area (Å²) >= 11 is 0. The fourth-order valence-corrected chi connectivity index (χ4v) is 1.82. The number of benzene rings is 1. The van der Waals surface area contributed by atoms with Crippen molar-refractivity contribution >= 4 is 12.7 Å². The molecule has 0 aliphatic rings. The fourth-order valence-electron chi connectivity index (χ4n) is 1.82. The Bertz CT molecular complexity index is 709. The van der Waals surface area contributed by atoms with Gasteiger partial charge in [0.2, 0.25) is 0 Å². The normalized spacial score (nSPS) is 11.4. The fraction of sp³-hybridized carbons (Fsp3) is 0.176. The molecular weight excluding hydrogens is 232 g/mol. The molecule has 0 saturated carbocycles. The summed E-state index contributed by atoms with van der Waals surface area (Å²) in [5, 5.41) is 1.77. The molecule has 0 bridgehead atoms. The Morgan fingerprint density at radius 3 is 2.37 bits per heavy atom. The standard InChI is InChI=1S/C17H18N2/c1-12(2)10-11-16-13(3)18-17(19-14(16)4)15-8-6-5-7-9-15/h5-11H,3H2,1-2,4H3/b16-11+. The van der Waals surface area contributed by atoms with Crippen LogP contribution in [0.1, 0.15) is 19.5 Å². The van der Waals surface area contributed by atoms with E-state index in [1.54, 1.807) is 0 Å². The van der Waals surface area contributed by atoms with Gasteiger partial charge in [0.1, 0.15) is 0 Å². The Hall–Kier alpha value is -2.22. The van der Waals surface area contributed by atoms with Gasteiger partial charge < -0.3 is 0 Å². The number of aromatic nitrogens is 2. The van der Waals surface area contributed by atoms with Gasteiger partial charge in [0.15, 0.2) is 5.82 Å². The Balaban J connectivity index is 2.59. The van der Waals surface area contributed by atoms with Crippen LogP contribution in [0, 0.1) is 6.92 Å². The summed E-state index contributed by atoms with van der Waals surface area (Å²) in [6.45, 7) is 10.2. The van der Waals surface area contributed by atoms with Gasteiger partial charge in [-0.3, -0.25) is 0 Å². The van der Waals surface area contributed by atoms with E-state index in [-0.39, 0.29) is 0 Å². The van der Waals surface area contributed by atoms with E-state index in [1.165, 1.54) is 5.57 Å². The van der Waals surface area contributed by atoms with Crippen LogP contribution in [0.3, 0.4) is 0 Å². The molecule has 96 valence electrons. The molecule has 0 aliphatic carbocycles. The van der Waals surface area contributed by atoms with E-state index < -0.39 is 0 Å². The minimum Gasteiger partial charge on any atom is -0.233 e. The van der Waals surface area contributed by atoms with Crippen LogP contribution < -0.4 is 10.6 Å². The highest BCUT2D eigenvalue weighted by Crippen LogP contribution is 2.11. The second-order valence-corrected chi connectivity index (χ2v) is 4.77. The Morgan fingerprint density at radius 2 is 1.79 bits per heavy atom. The van der Waals surface area contributed by atoms with Crippen LogP contribution in [0.4, 0.5) is 0 Å². The zero-order chi connectivity index (χ0) is 13.8. The van der Waals surface area contributed by atoms with Crippen molar-refractivity contribution in [3.05, 3.63) is 58.2 Å². The van der Waals surface area contributed by atoms with Crippen LogP contribution >= 0.6 is 0 Å². The number of allylic oxidation sites excluding steroid dienone is 2. The summed E-state index contributed by atoms with van der Waals surface area (Å²) < 4.78 is 0. The van der Waals surface area contributed by atoms with Gasteiger partial charge in [-0.1, -0.05) is 54.6 Å². The average molecular weight is 250 g/mol. The highest BCUT2D eigenvalue weighted by molar-refractivity contribution is 5.55. The van der Waals surface area contributed by atoms with Crippen molar-refractivity contribution < 1.29 is 0 Å². The molecule has 2 aromatic rings. The molecule has 0 radical (unpaired) electrons. The molecule has 0 fully saturated rings. The van der Waals surface area contributed by atoms with E-state index >= 15 is 0 Å². The number of rotatable bonds is 2. The number of hydrogen-bond donors (Lipinski definition) is 0. The van der Waals surface area contributed by atoms with Crippen molar-refractivity contribution in [2.24, 2.45) is 0 Å². The summed E-state index contributed by atoms with van der Waals surface area (Å²) in [6, 6.07) is 9.97. The summed E-state index contributed by atoms with van der Waals surface area (Å²) in [6.07, 6.45) is 4.09. The minimum atomic E-state index is 0.734. The van der Waals surface area contributed by atoms with E-state index in [0.29, 0.717) is 0 Å². The van der Waals surface area contributed by atoms with Crippen molar-refractivity contribution in [2.45, 2.75) is 20.8 Å². The predicted octanol–water partition coefficient (Wildman–Crippen LogP) is 2.61. The minimum absolute atomic E-state index is 0.734. The molecule has 1 heterocycles. The van der Waals surface area contributed by atoms with Crippen LogP contribution in [-0.4, -0.2) is 9.97 Å². The molecule has 19 heavy (non-hydrogen) atoms. The zero-order valence-corrected chi connectivity index (χ0v) is 11.6. The van der Waals surface area contributed by atoms with Gasteiger partial charge in [-0.25, -0.2) is 9.97 Å². The SMILES string of the molecule is C=c1nc(-c2ccccc2)nc(C)/c1=C/C=C(C)C. The van der Waals surface area contributed by atoms with Crippen LogP contribution in [0.15, 0.2) is 42.0 Å². The lowest BCUT2D eigenvalue weighted by Gasteiger charge is -2.02. The molecule has 0 saturated heterocycles. The van der Waals surface area contributed by atoms with Gasteiger partial charge in [-0.2, -0.15) is 0 Å². The molecule has 0 amide bonds. The first-order valence-electron chi connectivity index (χ1n) is 6.32. The molecule has 0 atom stereocenters. The quantitative estimate of drug-likeness (QED) is 0.819. The lowest BCUT2D eigenvalue weighted by Crippen LogP contribution is -2.31. The van der Waals surface area contributed by atoms with E-state index in [2.05, 4.69) is 36.5 Å². The van der Waals surface area contributed by atoms with Gasteiger partial charge in [-0.15, -0.1) is 0 Å². The number of hydrogen-bond acceptors (Lipinski definition) is 2. The summed E-state index contributed by atoms with van der Waals surface area (Å²) in [5.41, 5.74) is 3.21. The summed E-state index contributed by atoms with van der Waals surface area (Å²) in [5.74, 6) is 0.734. The van der Waals surface area contributed by atoms with E-state index in [1.807, 2.05) is 43.3 Å². The number of nitrogens with zero attached hydrogens (tertiary/aromatic N) is 2. The van der Waals surface area contributed by atoms with E-state index in [4.69, 9.17) is 0 Å². The van der Waals surface area contributed by atoms with Gasteiger partial charge in [0, 0.05) is 16.5 Å². The maximum absolute atomic E-state index is 4.57. The Morgan fingerprint density at radius 1 is 1.11 bits per heavy atom. The Labute approximate surface area is 113 Å². The molecular formula is C17H18N2. The first-order valence-corrected chi connectivity index (χ1v) is 6.32. The lowest BCUT2D eigenvalue weighted by atomic mass is 10.2. The average Bonchev–Trinajstić information content (AvgIpc) is 2.38. The van der Waals surface area contributed by atoms with Crippen molar-refractivity contribution in [3.63, 3.8) is 0 Å². The smallest absolute Gasteiger partial charge is 0.160 e. The molecule has 0 N–H and O–H groups in total. The van der Waals surface area contributed by atoms with Gasteiger partial charge in [0.25, 0.3) is 0 Å². The molecule has 1 aromatic carbocycles. The lowest BCUT2D eigenvalue weighted by molar-refractivity contribution is 1.05. The topological polar surface area (TPSA) is 25.8 Å². The zero-order valence-electron chi connectivity index (χ0n) is 11.6. The summed E-state index contributed by atoms with van der Waals surface area (Å²) in [7, 11) is 0. The van der Waals surface area contributed by atoms with Crippen LogP contribution in [-0.2, 0) is 0 Å². The largest absolute Gasteiger partial charge is 0.233 e. The number of aryl methyl sites for hydroxylation is 1. The van der Waals surface area contributed by atoms with Gasteiger partial charge in [-0.05, 0) is 20.8 Å². The van der Waals surface area contributed by atoms with Crippen molar-refractivity contribution in [2.75, 3.05) is 0 Å². The maximum atomic E-state index is 4.57. The molecule has 2 rings (SSSR count). The van der Waals surface area contributed by atoms with Crippen LogP contribution in [0.5, 0.6) is 0 Å². The highest BCUT2D eigenvalue weighted by Gasteiger charge is 2.02. The Kier molecular flexibility index (Phi) is 3.91. The molecule has 0 unspecified atom stereocenters. The van der Waals surface area contributed by atoms with Gasteiger partial charge in [0.05, 0.1) is 5.35 Å². The first kappa shape index (κ1) is 13.2. The first-order chi connectivity index (χ1) is 9.08. The van der Waals surface area contributed by atoms with Crippen molar-refractivity contribution in [3.8, 4) is 11.4 Å². The second kappa shape index (κ2) is 5.61. The van der Waals surface area contributed by atoms with E-state index in [9.17, 15) is 0 Å². The molecule has 0 aliphatic heterocycles.